The maximum Gasteiger partial charge on any atom is 0.118 e. The zero-order valence-corrected chi connectivity index (χ0v) is 9.62. The predicted molar refractivity (Wildman–Crippen MR) is 69.3 cm³/mol. The Kier molecular flexibility index (Phi) is 3.06. The zero-order valence-electron chi connectivity index (χ0n) is 9.62. The molecule has 1 aromatic carbocycles. The van der Waals surface area contributed by atoms with E-state index in [1.54, 1.807) is 6.08 Å². The van der Waals surface area contributed by atoms with Crippen LogP contribution in [0.4, 0.5) is 0 Å². The van der Waals surface area contributed by atoms with Gasteiger partial charge in [0.1, 0.15) is 11.8 Å². The number of hydrogen-bond acceptors (Lipinski definition) is 3. The molecule has 0 saturated carbocycles. The molecule has 17 heavy (non-hydrogen) atoms. The molecule has 0 amide bonds. The molecular formula is C14H13N3. The highest BCUT2D eigenvalue weighted by molar-refractivity contribution is 5.89. The SMILES string of the molecule is CCc1cccc2c1/C(=C/C=N)NC(C#N)=C2. The van der Waals surface area contributed by atoms with Crippen LogP contribution in [0.5, 0.6) is 0 Å². The molecule has 0 spiro atoms. The molecule has 0 aliphatic carbocycles. The molecule has 0 bridgehead atoms. The van der Waals surface area contributed by atoms with Gasteiger partial charge in [-0.15, -0.1) is 0 Å². The minimum absolute atomic E-state index is 0.513. The molecule has 2 N–H and O–H groups in total. The van der Waals surface area contributed by atoms with E-state index in [0.29, 0.717) is 5.70 Å². The molecule has 1 heterocycles. The van der Waals surface area contributed by atoms with E-state index in [1.807, 2.05) is 18.2 Å². The van der Waals surface area contributed by atoms with Gasteiger partial charge >= 0.3 is 0 Å². The minimum atomic E-state index is 0.513. The Morgan fingerprint density at radius 3 is 2.94 bits per heavy atom. The number of nitrogens with one attached hydrogen (secondary N) is 2. The van der Waals surface area contributed by atoms with Crippen LogP contribution in [0.3, 0.4) is 0 Å². The lowest BCUT2D eigenvalue weighted by atomic mass is 9.93. The number of aryl methyl sites for hydroxylation is 1. The Labute approximate surface area is 101 Å². The molecule has 0 radical (unpaired) electrons. The van der Waals surface area contributed by atoms with E-state index < -0.39 is 0 Å². The lowest BCUT2D eigenvalue weighted by molar-refractivity contribution is 1.07. The number of benzene rings is 1. The van der Waals surface area contributed by atoms with E-state index in [1.165, 1.54) is 11.8 Å². The average molecular weight is 223 g/mol. The van der Waals surface area contributed by atoms with Gasteiger partial charge in [-0.1, -0.05) is 25.1 Å². The summed E-state index contributed by atoms with van der Waals surface area (Å²) < 4.78 is 0. The van der Waals surface area contributed by atoms with Gasteiger partial charge in [-0.3, -0.25) is 0 Å². The standard InChI is InChI=1S/C14H13N3/c1-2-10-4-3-5-11-8-12(9-16)17-13(6-7-15)14(10)11/h3-8,15,17H,2H2,1H3/b13-6-,15-7?. The number of rotatable bonds is 2. The number of nitriles is 1. The molecule has 3 heteroatoms. The second kappa shape index (κ2) is 4.67. The van der Waals surface area contributed by atoms with Gasteiger partial charge in [0.15, 0.2) is 0 Å². The van der Waals surface area contributed by atoms with Crippen molar-refractivity contribution in [3.63, 3.8) is 0 Å². The Balaban J connectivity index is 2.68. The molecule has 1 aliphatic heterocycles. The fourth-order valence-electron chi connectivity index (χ4n) is 2.03. The molecule has 84 valence electrons. The second-order valence-electron chi connectivity index (χ2n) is 3.78. The van der Waals surface area contributed by atoms with E-state index in [-0.39, 0.29) is 0 Å². The number of hydrogen-bond donors (Lipinski definition) is 2. The maximum atomic E-state index is 8.96. The topological polar surface area (TPSA) is 59.7 Å². The van der Waals surface area contributed by atoms with Crippen molar-refractivity contribution in [1.82, 2.24) is 5.32 Å². The first-order valence-corrected chi connectivity index (χ1v) is 5.52. The summed E-state index contributed by atoms with van der Waals surface area (Å²) in [5.74, 6) is 0. The minimum Gasteiger partial charge on any atom is -0.346 e. The van der Waals surface area contributed by atoms with Gasteiger partial charge < -0.3 is 10.7 Å². The number of allylic oxidation sites excluding steroid dienone is 2. The summed E-state index contributed by atoms with van der Waals surface area (Å²) in [4.78, 5) is 0. The summed E-state index contributed by atoms with van der Waals surface area (Å²) in [6.07, 6.45) is 5.69. The lowest BCUT2D eigenvalue weighted by Crippen LogP contribution is -2.17. The highest BCUT2D eigenvalue weighted by Crippen LogP contribution is 2.28. The summed E-state index contributed by atoms with van der Waals surface area (Å²) in [6.45, 7) is 2.10. The molecule has 2 rings (SSSR count). The van der Waals surface area contributed by atoms with Gasteiger partial charge in [0, 0.05) is 17.5 Å². The molecule has 1 aliphatic rings. The average Bonchev–Trinajstić information content (AvgIpc) is 2.37. The maximum absolute atomic E-state index is 8.96. The van der Waals surface area contributed by atoms with Crippen molar-refractivity contribution < 1.29 is 0 Å². The van der Waals surface area contributed by atoms with Crippen molar-refractivity contribution in [2.24, 2.45) is 0 Å². The van der Waals surface area contributed by atoms with Crippen LogP contribution < -0.4 is 5.32 Å². The molecule has 0 unspecified atom stereocenters. The van der Waals surface area contributed by atoms with Crippen LogP contribution in [0.15, 0.2) is 30.0 Å². The molecule has 1 aromatic rings. The van der Waals surface area contributed by atoms with E-state index in [2.05, 4.69) is 24.4 Å². The van der Waals surface area contributed by atoms with Crippen molar-refractivity contribution in [2.75, 3.05) is 0 Å². The van der Waals surface area contributed by atoms with Gasteiger partial charge in [0.2, 0.25) is 0 Å². The van der Waals surface area contributed by atoms with Gasteiger partial charge in [-0.05, 0) is 29.7 Å². The largest absolute Gasteiger partial charge is 0.346 e. The van der Waals surface area contributed by atoms with Crippen molar-refractivity contribution in [1.29, 1.82) is 10.7 Å². The predicted octanol–water partition coefficient (Wildman–Crippen LogP) is 2.71. The van der Waals surface area contributed by atoms with Crippen molar-refractivity contribution in [3.05, 3.63) is 46.7 Å². The normalized spacial score (nSPS) is 15.5. The highest BCUT2D eigenvalue weighted by Gasteiger charge is 2.16. The Hall–Kier alpha value is -2.34. The Bertz CT molecular complexity index is 559. The first-order chi connectivity index (χ1) is 8.30. The third-order valence-electron chi connectivity index (χ3n) is 2.77. The van der Waals surface area contributed by atoms with Gasteiger partial charge in [0.25, 0.3) is 0 Å². The Morgan fingerprint density at radius 1 is 1.47 bits per heavy atom. The second-order valence-corrected chi connectivity index (χ2v) is 3.78. The third-order valence-corrected chi connectivity index (χ3v) is 2.77. The van der Waals surface area contributed by atoms with Gasteiger partial charge in [0.05, 0.1) is 0 Å². The van der Waals surface area contributed by atoms with Crippen LogP contribution in [0.2, 0.25) is 0 Å². The summed E-state index contributed by atoms with van der Waals surface area (Å²) in [5.41, 5.74) is 4.69. The third kappa shape index (κ3) is 1.98. The van der Waals surface area contributed by atoms with Crippen molar-refractivity contribution in [2.45, 2.75) is 13.3 Å². The molecule has 3 nitrogen and oxygen atoms in total. The van der Waals surface area contributed by atoms with E-state index in [0.717, 1.165) is 23.2 Å². The van der Waals surface area contributed by atoms with Crippen molar-refractivity contribution >= 4 is 18.0 Å². The van der Waals surface area contributed by atoms with E-state index >= 15 is 0 Å². The van der Waals surface area contributed by atoms with Crippen LogP contribution >= 0.6 is 0 Å². The summed E-state index contributed by atoms with van der Waals surface area (Å²) in [7, 11) is 0. The van der Waals surface area contributed by atoms with Crippen LogP contribution in [0.1, 0.15) is 23.6 Å². The molecular weight excluding hydrogens is 210 g/mol. The van der Waals surface area contributed by atoms with Crippen molar-refractivity contribution in [3.8, 4) is 6.07 Å². The Morgan fingerprint density at radius 2 is 2.29 bits per heavy atom. The summed E-state index contributed by atoms with van der Waals surface area (Å²) >= 11 is 0. The highest BCUT2D eigenvalue weighted by atomic mass is 14.9. The van der Waals surface area contributed by atoms with Gasteiger partial charge in [-0.2, -0.15) is 5.26 Å². The fraction of sp³-hybridized carbons (Fsp3) is 0.143. The smallest absolute Gasteiger partial charge is 0.118 e. The van der Waals surface area contributed by atoms with Crippen LogP contribution in [0.25, 0.3) is 11.8 Å². The summed E-state index contributed by atoms with van der Waals surface area (Å²) in [5, 5.41) is 19.2. The van der Waals surface area contributed by atoms with E-state index in [9.17, 15) is 0 Å². The van der Waals surface area contributed by atoms with E-state index in [4.69, 9.17) is 10.7 Å². The van der Waals surface area contributed by atoms with Gasteiger partial charge in [-0.25, -0.2) is 0 Å². The monoisotopic (exact) mass is 223 g/mol. The number of fused-ring (bicyclic) bond motifs is 1. The molecule has 0 aromatic heterocycles. The summed E-state index contributed by atoms with van der Waals surface area (Å²) in [6, 6.07) is 8.16. The van der Waals surface area contributed by atoms with Crippen LogP contribution in [-0.4, -0.2) is 6.21 Å². The fourth-order valence-corrected chi connectivity index (χ4v) is 2.03. The first kappa shape index (κ1) is 11.2. The van der Waals surface area contributed by atoms with Crippen LogP contribution in [0, 0.1) is 16.7 Å². The quantitative estimate of drug-likeness (QED) is 0.757. The first-order valence-electron chi connectivity index (χ1n) is 5.52. The molecule has 0 atom stereocenters. The molecule has 0 fully saturated rings. The number of nitrogens with zero attached hydrogens (tertiary/aromatic N) is 1. The van der Waals surface area contributed by atoms with Crippen LogP contribution in [-0.2, 0) is 6.42 Å². The zero-order chi connectivity index (χ0) is 12.3. The lowest BCUT2D eigenvalue weighted by Gasteiger charge is -2.21. The molecule has 0 saturated heterocycles.